The largest absolute Gasteiger partial charge is 0.497 e. The van der Waals surface area contributed by atoms with Gasteiger partial charge in [-0.2, -0.15) is 0 Å². The molecule has 1 aromatic carbocycles. The number of benzene rings is 1. The number of methoxy groups -OCH3 is 2. The van der Waals surface area contributed by atoms with Crippen LogP contribution in [0.25, 0.3) is 0 Å². The lowest BCUT2D eigenvalue weighted by Gasteiger charge is -2.37. The van der Waals surface area contributed by atoms with Gasteiger partial charge in [0, 0.05) is 24.4 Å². The SMILES string of the molecule is C=CCOC(=O)C1=C(C)N=C2SC=C(CC(=O)N3CCCC(C(=O)OCC)C3)N2C1c1cc(OC)ccc1OC. The molecule has 3 heterocycles. The fourth-order valence-electron chi connectivity index (χ4n) is 5.11. The van der Waals surface area contributed by atoms with Crippen molar-refractivity contribution in [2.75, 3.05) is 40.5 Å². The van der Waals surface area contributed by atoms with Crippen molar-refractivity contribution < 1.29 is 33.3 Å². The van der Waals surface area contributed by atoms with Gasteiger partial charge < -0.3 is 28.7 Å². The average molecular weight is 570 g/mol. The number of esters is 2. The topological polar surface area (TPSA) is 107 Å². The molecule has 0 saturated carbocycles. The number of ether oxygens (including phenoxy) is 4. The molecule has 11 heteroatoms. The highest BCUT2D eigenvalue weighted by Gasteiger charge is 2.43. The van der Waals surface area contributed by atoms with Gasteiger partial charge in [-0.05, 0) is 50.3 Å². The van der Waals surface area contributed by atoms with Crippen molar-refractivity contribution >= 4 is 34.8 Å². The molecule has 1 saturated heterocycles. The highest BCUT2D eigenvalue weighted by atomic mass is 32.2. The monoisotopic (exact) mass is 569 g/mol. The predicted octanol–water partition coefficient (Wildman–Crippen LogP) is 4.20. The van der Waals surface area contributed by atoms with Gasteiger partial charge in [0.1, 0.15) is 18.1 Å². The van der Waals surface area contributed by atoms with Crippen LogP contribution >= 0.6 is 11.8 Å². The van der Waals surface area contributed by atoms with Crippen molar-refractivity contribution in [1.82, 2.24) is 9.80 Å². The Balaban J connectivity index is 1.68. The molecule has 0 aromatic heterocycles. The molecule has 0 radical (unpaired) electrons. The van der Waals surface area contributed by atoms with Gasteiger partial charge in [0.05, 0.1) is 50.5 Å². The number of amidine groups is 1. The van der Waals surface area contributed by atoms with E-state index in [1.165, 1.54) is 17.8 Å². The van der Waals surface area contributed by atoms with Crippen LogP contribution < -0.4 is 9.47 Å². The maximum absolute atomic E-state index is 13.5. The number of thioether (sulfide) groups is 1. The molecule has 0 spiro atoms. The Hall–Kier alpha value is -3.73. The lowest BCUT2D eigenvalue weighted by Crippen LogP contribution is -2.44. The van der Waals surface area contributed by atoms with Gasteiger partial charge in [-0.3, -0.25) is 9.59 Å². The van der Waals surface area contributed by atoms with Gasteiger partial charge in [0.2, 0.25) is 5.91 Å². The Kier molecular flexibility index (Phi) is 9.57. The van der Waals surface area contributed by atoms with Crippen LogP contribution in [-0.2, 0) is 23.9 Å². The summed E-state index contributed by atoms with van der Waals surface area (Å²) in [6, 6.07) is 4.69. The molecule has 0 N–H and O–H groups in total. The number of amides is 1. The number of carbonyl (C=O) groups is 3. The summed E-state index contributed by atoms with van der Waals surface area (Å²) in [5, 5.41) is 2.52. The summed E-state index contributed by atoms with van der Waals surface area (Å²) in [4.78, 5) is 47.6. The van der Waals surface area contributed by atoms with E-state index in [-0.39, 0.29) is 30.8 Å². The first kappa shape index (κ1) is 29.3. The molecule has 3 aliphatic rings. The van der Waals surface area contributed by atoms with Crippen molar-refractivity contribution in [1.29, 1.82) is 0 Å². The Morgan fingerprint density at radius 2 is 2.00 bits per heavy atom. The normalized spacial score (nSPS) is 20.3. The molecule has 10 nitrogen and oxygen atoms in total. The quantitative estimate of drug-likeness (QED) is 0.303. The molecule has 0 bridgehead atoms. The van der Waals surface area contributed by atoms with E-state index in [4.69, 9.17) is 23.9 Å². The van der Waals surface area contributed by atoms with E-state index in [9.17, 15) is 14.4 Å². The third-order valence-electron chi connectivity index (χ3n) is 7.01. The molecule has 214 valence electrons. The number of allylic oxidation sites excluding steroid dienone is 1. The van der Waals surface area contributed by atoms with Crippen molar-refractivity contribution in [2.24, 2.45) is 10.9 Å². The third kappa shape index (κ3) is 6.04. The number of hydrogen-bond acceptors (Lipinski definition) is 10. The van der Waals surface area contributed by atoms with Crippen LogP contribution in [0.4, 0.5) is 0 Å². The zero-order valence-corrected chi connectivity index (χ0v) is 24.1. The molecule has 1 amide bonds. The van der Waals surface area contributed by atoms with Gasteiger partial charge in [-0.1, -0.05) is 24.4 Å². The van der Waals surface area contributed by atoms with Gasteiger partial charge in [0.15, 0.2) is 5.17 Å². The summed E-state index contributed by atoms with van der Waals surface area (Å²) >= 11 is 1.39. The maximum Gasteiger partial charge on any atom is 0.338 e. The van der Waals surface area contributed by atoms with E-state index in [1.807, 2.05) is 16.4 Å². The summed E-state index contributed by atoms with van der Waals surface area (Å²) in [5.74, 6) is -0.115. The summed E-state index contributed by atoms with van der Waals surface area (Å²) < 4.78 is 21.9. The second-order valence-corrected chi connectivity index (χ2v) is 10.3. The summed E-state index contributed by atoms with van der Waals surface area (Å²) in [6.07, 6.45) is 3.00. The van der Waals surface area contributed by atoms with Gasteiger partial charge in [-0.15, -0.1) is 0 Å². The van der Waals surface area contributed by atoms with Crippen molar-refractivity contribution in [3.63, 3.8) is 0 Å². The molecule has 4 rings (SSSR count). The number of rotatable bonds is 10. The lowest BCUT2D eigenvalue weighted by molar-refractivity contribution is -0.151. The Morgan fingerprint density at radius 3 is 2.70 bits per heavy atom. The second kappa shape index (κ2) is 13.1. The van der Waals surface area contributed by atoms with Crippen molar-refractivity contribution in [2.45, 2.75) is 39.2 Å². The number of carbonyl (C=O) groups excluding carboxylic acids is 3. The first-order valence-corrected chi connectivity index (χ1v) is 14.1. The summed E-state index contributed by atoms with van der Waals surface area (Å²) in [5.41, 5.74) is 2.19. The van der Waals surface area contributed by atoms with Crippen LogP contribution in [0.1, 0.15) is 44.7 Å². The molecule has 1 fully saturated rings. The van der Waals surface area contributed by atoms with E-state index in [1.54, 1.807) is 45.1 Å². The molecule has 0 aliphatic carbocycles. The van der Waals surface area contributed by atoms with Gasteiger partial charge >= 0.3 is 11.9 Å². The fourth-order valence-corrected chi connectivity index (χ4v) is 6.08. The maximum atomic E-state index is 13.5. The van der Waals surface area contributed by atoms with Crippen LogP contribution in [0.2, 0.25) is 0 Å². The highest BCUT2D eigenvalue weighted by Crippen LogP contribution is 2.47. The Bertz CT molecular complexity index is 1270. The summed E-state index contributed by atoms with van der Waals surface area (Å²) in [6.45, 7) is 8.43. The smallest absolute Gasteiger partial charge is 0.338 e. The number of likely N-dealkylation sites (tertiary alicyclic amines) is 1. The number of piperidine rings is 1. The van der Waals surface area contributed by atoms with E-state index in [0.717, 1.165) is 6.42 Å². The lowest BCUT2D eigenvalue weighted by atomic mass is 9.92. The Morgan fingerprint density at radius 1 is 1.20 bits per heavy atom. The number of fused-ring (bicyclic) bond motifs is 1. The van der Waals surface area contributed by atoms with E-state index in [0.29, 0.717) is 65.3 Å². The Labute approximate surface area is 238 Å². The minimum atomic E-state index is -0.683. The molecule has 3 aliphatic heterocycles. The van der Waals surface area contributed by atoms with Crippen LogP contribution in [0.15, 0.2) is 58.2 Å². The number of aliphatic imine (C=N–C) groups is 1. The predicted molar refractivity (Wildman–Crippen MR) is 152 cm³/mol. The molecule has 2 atom stereocenters. The molecular formula is C29H35N3O7S. The minimum absolute atomic E-state index is 0.0423. The van der Waals surface area contributed by atoms with Crippen LogP contribution in [-0.4, -0.2) is 73.3 Å². The van der Waals surface area contributed by atoms with Crippen molar-refractivity contribution in [3.05, 3.63) is 58.8 Å². The zero-order chi connectivity index (χ0) is 28.8. The summed E-state index contributed by atoms with van der Waals surface area (Å²) in [7, 11) is 3.13. The van der Waals surface area contributed by atoms with Gasteiger partial charge in [0.25, 0.3) is 0 Å². The van der Waals surface area contributed by atoms with E-state index < -0.39 is 12.0 Å². The molecule has 2 unspecified atom stereocenters. The standard InChI is InChI=1S/C29H35N3O7S/c1-6-13-39-28(35)25-18(3)30-29-32(26(25)22-15-21(36-4)10-11-23(22)37-5)20(17-40-29)14-24(33)31-12-8-9-19(16-31)27(34)38-7-2/h6,10-11,15,17,19,26H,1,7-9,12-14,16H2,2-5H3. The van der Waals surface area contributed by atoms with E-state index >= 15 is 0 Å². The van der Waals surface area contributed by atoms with Crippen LogP contribution in [0.5, 0.6) is 11.5 Å². The third-order valence-corrected chi connectivity index (χ3v) is 7.90. The average Bonchev–Trinajstić information content (AvgIpc) is 3.36. The van der Waals surface area contributed by atoms with E-state index in [2.05, 4.69) is 6.58 Å². The fraction of sp³-hybridized carbons (Fsp3) is 0.448. The first-order valence-electron chi connectivity index (χ1n) is 13.2. The minimum Gasteiger partial charge on any atom is -0.497 e. The molecular weight excluding hydrogens is 534 g/mol. The van der Waals surface area contributed by atoms with Crippen molar-refractivity contribution in [3.8, 4) is 11.5 Å². The molecule has 40 heavy (non-hydrogen) atoms. The first-order chi connectivity index (χ1) is 19.3. The van der Waals surface area contributed by atoms with Gasteiger partial charge in [-0.25, -0.2) is 9.79 Å². The van der Waals surface area contributed by atoms with Crippen LogP contribution in [0, 0.1) is 5.92 Å². The van der Waals surface area contributed by atoms with Crippen LogP contribution in [0.3, 0.4) is 0 Å². The number of nitrogens with zero attached hydrogens (tertiary/aromatic N) is 3. The zero-order valence-electron chi connectivity index (χ0n) is 23.3. The number of hydrogen-bond donors (Lipinski definition) is 0. The molecule has 1 aromatic rings. The highest BCUT2D eigenvalue weighted by molar-refractivity contribution is 8.16. The second-order valence-electron chi connectivity index (χ2n) is 9.50.